The van der Waals surface area contributed by atoms with E-state index in [-0.39, 0.29) is 12.3 Å². The van der Waals surface area contributed by atoms with Crippen molar-refractivity contribution in [1.82, 2.24) is 9.46 Å². The first-order chi connectivity index (χ1) is 6.95. The molecule has 0 bridgehead atoms. The van der Waals surface area contributed by atoms with Gasteiger partial charge in [0.15, 0.2) is 5.76 Å². The van der Waals surface area contributed by atoms with Crippen molar-refractivity contribution in [2.24, 2.45) is 0 Å². The molecule has 0 aromatic carbocycles. The highest BCUT2D eigenvalue weighted by Crippen LogP contribution is 2.09. The molecule has 0 atom stereocenters. The molecular weight excluding hydrogens is 216 g/mol. The molecular formula is C9H16N2O3S. The molecule has 1 rings (SSSR count). The number of aromatic nitrogens is 1. The van der Waals surface area contributed by atoms with Gasteiger partial charge in [-0.15, -0.1) is 0 Å². The van der Waals surface area contributed by atoms with Crippen LogP contribution in [0.3, 0.4) is 0 Å². The van der Waals surface area contributed by atoms with Gasteiger partial charge >= 0.3 is 0 Å². The average Bonchev–Trinajstić information content (AvgIpc) is 2.51. The Bertz CT molecular complexity index is 411. The Morgan fingerprint density at radius 1 is 1.53 bits per heavy atom. The molecule has 0 aliphatic rings. The number of hydrogen-bond donors (Lipinski definition) is 0. The minimum absolute atomic E-state index is 0.163. The number of sulfonamides is 1. The largest absolute Gasteiger partial charge is 0.360 e. The molecule has 0 saturated carbocycles. The molecule has 0 spiro atoms. The fourth-order valence-corrected chi connectivity index (χ4v) is 2.37. The predicted octanol–water partition coefficient (Wildman–Crippen LogP) is 1.15. The Kier molecular flexibility index (Phi) is 3.87. The van der Waals surface area contributed by atoms with E-state index in [1.165, 1.54) is 4.31 Å². The van der Waals surface area contributed by atoms with Gasteiger partial charge in [-0.2, -0.15) is 4.31 Å². The van der Waals surface area contributed by atoms with Gasteiger partial charge in [-0.25, -0.2) is 8.42 Å². The zero-order chi connectivity index (χ0) is 11.5. The first kappa shape index (κ1) is 12.2. The summed E-state index contributed by atoms with van der Waals surface area (Å²) in [6.45, 7) is 3.88. The SMILES string of the molecule is CCCS(=O)(=O)N(C)Cc1cc(C)no1. The molecule has 0 aliphatic carbocycles. The molecule has 6 heteroatoms. The fourth-order valence-electron chi connectivity index (χ4n) is 1.22. The molecule has 0 amide bonds. The lowest BCUT2D eigenvalue weighted by Gasteiger charge is -2.14. The van der Waals surface area contributed by atoms with Gasteiger partial charge in [-0.1, -0.05) is 12.1 Å². The Balaban J connectivity index is 2.67. The first-order valence-corrected chi connectivity index (χ1v) is 6.43. The number of nitrogens with zero attached hydrogens (tertiary/aromatic N) is 2. The Labute approximate surface area is 90.1 Å². The molecule has 1 aromatic heterocycles. The molecule has 0 radical (unpaired) electrons. The second-order valence-electron chi connectivity index (χ2n) is 3.51. The van der Waals surface area contributed by atoms with Crippen LogP contribution in [-0.2, 0) is 16.6 Å². The maximum absolute atomic E-state index is 11.6. The molecule has 0 aliphatic heterocycles. The summed E-state index contributed by atoms with van der Waals surface area (Å²) in [4.78, 5) is 0. The standard InChI is InChI=1S/C9H16N2O3S/c1-4-5-15(12,13)11(3)7-9-6-8(2)10-14-9/h6H,4-5,7H2,1-3H3. The van der Waals surface area contributed by atoms with Gasteiger partial charge in [-0.05, 0) is 13.3 Å². The highest BCUT2D eigenvalue weighted by atomic mass is 32.2. The van der Waals surface area contributed by atoms with Crippen molar-refractivity contribution >= 4 is 10.0 Å². The summed E-state index contributed by atoms with van der Waals surface area (Å²) in [6, 6.07) is 1.73. The highest BCUT2D eigenvalue weighted by Gasteiger charge is 2.18. The molecule has 0 fully saturated rings. The van der Waals surface area contributed by atoms with Crippen molar-refractivity contribution in [2.75, 3.05) is 12.8 Å². The van der Waals surface area contributed by atoms with Crippen molar-refractivity contribution in [3.05, 3.63) is 17.5 Å². The van der Waals surface area contributed by atoms with E-state index in [4.69, 9.17) is 4.52 Å². The van der Waals surface area contributed by atoms with E-state index in [2.05, 4.69) is 5.16 Å². The van der Waals surface area contributed by atoms with Gasteiger partial charge in [0, 0.05) is 13.1 Å². The minimum Gasteiger partial charge on any atom is -0.360 e. The van der Waals surface area contributed by atoms with Crippen LogP contribution in [0, 0.1) is 6.92 Å². The summed E-state index contributed by atoms with van der Waals surface area (Å²) < 4.78 is 29.5. The number of rotatable bonds is 5. The molecule has 86 valence electrons. The summed E-state index contributed by atoms with van der Waals surface area (Å²) in [5.74, 6) is 0.728. The van der Waals surface area contributed by atoms with Crippen LogP contribution in [0.5, 0.6) is 0 Å². The van der Waals surface area contributed by atoms with Crippen LogP contribution < -0.4 is 0 Å². The van der Waals surface area contributed by atoms with Crippen LogP contribution in [0.15, 0.2) is 10.6 Å². The van der Waals surface area contributed by atoms with Crippen LogP contribution in [-0.4, -0.2) is 30.7 Å². The van der Waals surface area contributed by atoms with Crippen molar-refractivity contribution in [1.29, 1.82) is 0 Å². The second-order valence-corrected chi connectivity index (χ2v) is 5.70. The van der Waals surface area contributed by atoms with Crippen molar-refractivity contribution in [2.45, 2.75) is 26.8 Å². The Morgan fingerprint density at radius 3 is 2.67 bits per heavy atom. The molecule has 0 saturated heterocycles. The highest BCUT2D eigenvalue weighted by molar-refractivity contribution is 7.89. The normalized spacial score (nSPS) is 12.3. The fraction of sp³-hybridized carbons (Fsp3) is 0.667. The van der Waals surface area contributed by atoms with Gasteiger partial charge in [0.1, 0.15) is 0 Å². The molecule has 1 heterocycles. The second kappa shape index (κ2) is 4.76. The molecule has 15 heavy (non-hydrogen) atoms. The molecule has 1 aromatic rings. The topological polar surface area (TPSA) is 63.4 Å². The van der Waals surface area contributed by atoms with Gasteiger partial charge in [0.25, 0.3) is 0 Å². The van der Waals surface area contributed by atoms with E-state index >= 15 is 0 Å². The average molecular weight is 232 g/mol. The van der Waals surface area contributed by atoms with E-state index in [1.807, 2.05) is 6.92 Å². The summed E-state index contributed by atoms with van der Waals surface area (Å²) in [5, 5.41) is 3.70. The summed E-state index contributed by atoms with van der Waals surface area (Å²) in [5.41, 5.74) is 0.756. The van der Waals surface area contributed by atoms with E-state index in [9.17, 15) is 8.42 Å². The van der Waals surface area contributed by atoms with E-state index in [1.54, 1.807) is 20.0 Å². The van der Waals surface area contributed by atoms with Crippen molar-refractivity contribution < 1.29 is 12.9 Å². The van der Waals surface area contributed by atoms with Gasteiger partial charge in [-0.3, -0.25) is 0 Å². The Morgan fingerprint density at radius 2 is 2.20 bits per heavy atom. The third-order valence-electron chi connectivity index (χ3n) is 1.99. The zero-order valence-corrected chi connectivity index (χ0v) is 10.0. The van der Waals surface area contributed by atoms with Gasteiger partial charge in [0.05, 0.1) is 18.0 Å². The quantitative estimate of drug-likeness (QED) is 0.764. The Hall–Kier alpha value is -0.880. The summed E-state index contributed by atoms with van der Waals surface area (Å²) in [6.07, 6.45) is 0.613. The molecule has 5 nitrogen and oxygen atoms in total. The lowest BCUT2D eigenvalue weighted by molar-refractivity contribution is 0.341. The lowest BCUT2D eigenvalue weighted by atomic mass is 10.4. The maximum atomic E-state index is 11.6. The number of hydrogen-bond acceptors (Lipinski definition) is 4. The van der Waals surface area contributed by atoms with E-state index < -0.39 is 10.0 Å². The lowest BCUT2D eigenvalue weighted by Crippen LogP contribution is -2.28. The third kappa shape index (κ3) is 3.32. The van der Waals surface area contributed by atoms with Gasteiger partial charge in [0.2, 0.25) is 10.0 Å². The van der Waals surface area contributed by atoms with Crippen molar-refractivity contribution in [3.8, 4) is 0 Å². The van der Waals surface area contributed by atoms with Crippen LogP contribution in [0.25, 0.3) is 0 Å². The monoisotopic (exact) mass is 232 g/mol. The van der Waals surface area contributed by atoms with Crippen molar-refractivity contribution in [3.63, 3.8) is 0 Å². The van der Waals surface area contributed by atoms with Gasteiger partial charge < -0.3 is 4.52 Å². The molecule has 0 N–H and O–H groups in total. The maximum Gasteiger partial charge on any atom is 0.214 e. The van der Waals surface area contributed by atoms with Crippen LogP contribution >= 0.6 is 0 Å². The van der Waals surface area contributed by atoms with Crippen LogP contribution in [0.4, 0.5) is 0 Å². The van der Waals surface area contributed by atoms with E-state index in [0.717, 1.165) is 5.69 Å². The smallest absolute Gasteiger partial charge is 0.214 e. The zero-order valence-electron chi connectivity index (χ0n) is 9.23. The predicted molar refractivity (Wildman–Crippen MR) is 56.8 cm³/mol. The summed E-state index contributed by atoms with van der Waals surface area (Å²) >= 11 is 0. The third-order valence-corrected chi connectivity index (χ3v) is 4.00. The molecule has 0 unspecified atom stereocenters. The first-order valence-electron chi connectivity index (χ1n) is 4.82. The van der Waals surface area contributed by atoms with Crippen LogP contribution in [0.2, 0.25) is 0 Å². The van der Waals surface area contributed by atoms with E-state index in [0.29, 0.717) is 12.2 Å². The van der Waals surface area contributed by atoms with Crippen LogP contribution in [0.1, 0.15) is 24.8 Å². The number of aryl methyl sites for hydroxylation is 1. The summed E-state index contributed by atoms with van der Waals surface area (Å²) in [7, 11) is -1.61. The minimum atomic E-state index is -3.15.